The van der Waals surface area contributed by atoms with Gasteiger partial charge in [-0.25, -0.2) is 0 Å². The highest BCUT2D eigenvalue weighted by molar-refractivity contribution is 9.10. The number of nitrogens with two attached hydrogens (primary N) is 1. The van der Waals surface area contributed by atoms with Crippen molar-refractivity contribution in [1.29, 1.82) is 0 Å². The summed E-state index contributed by atoms with van der Waals surface area (Å²) in [4.78, 5) is 26.2. The summed E-state index contributed by atoms with van der Waals surface area (Å²) < 4.78 is 0.802. The summed E-state index contributed by atoms with van der Waals surface area (Å²) in [5.41, 5.74) is 6.04. The Bertz CT molecular complexity index is 536. The van der Waals surface area contributed by atoms with Crippen molar-refractivity contribution in [2.24, 2.45) is 5.73 Å². The van der Waals surface area contributed by atoms with Gasteiger partial charge < -0.3 is 16.0 Å². The summed E-state index contributed by atoms with van der Waals surface area (Å²) in [5.74, 6) is -0.0355. The first-order chi connectivity index (χ1) is 10.6. The van der Waals surface area contributed by atoms with Crippen LogP contribution >= 0.6 is 15.9 Å². The van der Waals surface area contributed by atoms with E-state index in [9.17, 15) is 9.59 Å². The maximum atomic E-state index is 12.8. The molecule has 1 aliphatic heterocycles. The zero-order chi connectivity index (χ0) is 15.9. The van der Waals surface area contributed by atoms with Crippen LogP contribution in [0.3, 0.4) is 0 Å². The number of nitrogens with zero attached hydrogens (tertiary/aromatic N) is 1. The van der Waals surface area contributed by atoms with Crippen molar-refractivity contribution >= 4 is 27.7 Å². The van der Waals surface area contributed by atoms with E-state index in [-0.39, 0.29) is 17.9 Å². The Hall–Kier alpha value is -1.40. The number of rotatable bonds is 5. The lowest BCUT2D eigenvalue weighted by atomic mass is 10.0. The molecular weight excluding hydrogens is 346 g/mol. The van der Waals surface area contributed by atoms with Gasteiger partial charge in [0.1, 0.15) is 0 Å². The van der Waals surface area contributed by atoms with Gasteiger partial charge in [-0.15, -0.1) is 0 Å². The summed E-state index contributed by atoms with van der Waals surface area (Å²) in [6.07, 6.45) is 3.32. The Kier molecular flexibility index (Phi) is 6.39. The Labute approximate surface area is 139 Å². The predicted octanol–water partition coefficient (Wildman–Crippen LogP) is 1.91. The highest BCUT2D eigenvalue weighted by Gasteiger charge is 2.28. The van der Waals surface area contributed by atoms with E-state index in [0.29, 0.717) is 25.1 Å². The van der Waals surface area contributed by atoms with Crippen LogP contribution in [0.5, 0.6) is 0 Å². The summed E-state index contributed by atoms with van der Waals surface area (Å²) in [5, 5.41) is 2.88. The van der Waals surface area contributed by atoms with Crippen LogP contribution in [0, 0.1) is 0 Å². The van der Waals surface area contributed by atoms with Gasteiger partial charge in [0.05, 0.1) is 5.56 Å². The average Bonchev–Trinajstić information content (AvgIpc) is 2.53. The van der Waals surface area contributed by atoms with Gasteiger partial charge in [0.15, 0.2) is 0 Å². The van der Waals surface area contributed by atoms with E-state index < -0.39 is 0 Å². The molecule has 1 unspecified atom stereocenters. The van der Waals surface area contributed by atoms with Gasteiger partial charge in [0, 0.05) is 36.6 Å². The molecular formula is C16H22BrN3O2. The third kappa shape index (κ3) is 4.30. The van der Waals surface area contributed by atoms with Gasteiger partial charge in [-0.2, -0.15) is 0 Å². The van der Waals surface area contributed by atoms with Crippen molar-refractivity contribution in [3.05, 3.63) is 34.3 Å². The van der Waals surface area contributed by atoms with Crippen molar-refractivity contribution in [2.75, 3.05) is 19.6 Å². The molecule has 1 aromatic rings. The number of hydrogen-bond acceptors (Lipinski definition) is 3. The zero-order valence-electron chi connectivity index (χ0n) is 12.6. The smallest absolute Gasteiger partial charge is 0.255 e. The van der Waals surface area contributed by atoms with E-state index in [1.807, 2.05) is 29.2 Å². The van der Waals surface area contributed by atoms with Gasteiger partial charge in [0.2, 0.25) is 5.91 Å². The van der Waals surface area contributed by atoms with Crippen LogP contribution in [0.15, 0.2) is 28.7 Å². The number of benzene rings is 1. The molecule has 1 aliphatic rings. The van der Waals surface area contributed by atoms with E-state index in [0.717, 1.165) is 30.3 Å². The van der Waals surface area contributed by atoms with Gasteiger partial charge in [0.25, 0.3) is 5.91 Å². The molecule has 0 saturated carbocycles. The first-order valence-electron chi connectivity index (χ1n) is 7.65. The van der Waals surface area contributed by atoms with Crippen molar-refractivity contribution < 1.29 is 9.59 Å². The summed E-state index contributed by atoms with van der Waals surface area (Å²) in [6, 6.07) is 7.50. The molecule has 0 spiro atoms. The molecule has 1 atom stereocenters. The van der Waals surface area contributed by atoms with E-state index in [1.165, 1.54) is 0 Å². The monoisotopic (exact) mass is 367 g/mol. The first-order valence-corrected chi connectivity index (χ1v) is 8.45. The summed E-state index contributed by atoms with van der Waals surface area (Å²) in [6.45, 7) is 1.57. The van der Waals surface area contributed by atoms with Crippen LogP contribution in [-0.2, 0) is 4.79 Å². The third-order valence-electron chi connectivity index (χ3n) is 3.90. The third-order valence-corrected chi connectivity index (χ3v) is 4.59. The van der Waals surface area contributed by atoms with Crippen LogP contribution in [0.25, 0.3) is 0 Å². The number of amides is 2. The van der Waals surface area contributed by atoms with Crippen LogP contribution in [0.1, 0.15) is 36.0 Å². The van der Waals surface area contributed by atoms with E-state index in [1.54, 1.807) is 0 Å². The zero-order valence-corrected chi connectivity index (χ0v) is 14.1. The maximum Gasteiger partial charge on any atom is 0.255 e. The molecule has 6 heteroatoms. The summed E-state index contributed by atoms with van der Waals surface area (Å²) in [7, 11) is 0. The lowest BCUT2D eigenvalue weighted by Crippen LogP contribution is -2.49. The molecule has 5 nitrogen and oxygen atoms in total. The molecule has 0 aliphatic carbocycles. The van der Waals surface area contributed by atoms with E-state index >= 15 is 0 Å². The number of nitrogens with one attached hydrogen (secondary N) is 1. The lowest BCUT2D eigenvalue weighted by molar-refractivity contribution is -0.121. The molecule has 0 aromatic heterocycles. The molecule has 1 fully saturated rings. The lowest BCUT2D eigenvalue weighted by Gasteiger charge is -2.36. The van der Waals surface area contributed by atoms with Gasteiger partial charge in [-0.1, -0.05) is 12.1 Å². The van der Waals surface area contributed by atoms with Crippen LogP contribution < -0.4 is 11.1 Å². The van der Waals surface area contributed by atoms with Crippen LogP contribution in [0.4, 0.5) is 0 Å². The van der Waals surface area contributed by atoms with Gasteiger partial charge in [-0.05, 0) is 47.3 Å². The minimum atomic E-state index is -0.0543. The average molecular weight is 368 g/mol. The van der Waals surface area contributed by atoms with Gasteiger partial charge in [-0.3, -0.25) is 9.59 Å². The molecule has 0 bridgehead atoms. The van der Waals surface area contributed by atoms with Crippen LogP contribution in [-0.4, -0.2) is 42.4 Å². The minimum Gasteiger partial charge on any atom is -0.354 e. The number of carbonyl (C=O) groups excluding carboxylic acids is 2. The second-order valence-electron chi connectivity index (χ2n) is 5.47. The molecule has 3 N–H and O–H groups in total. The van der Waals surface area contributed by atoms with Gasteiger partial charge >= 0.3 is 0 Å². The number of halogens is 1. The van der Waals surface area contributed by atoms with Crippen molar-refractivity contribution in [1.82, 2.24) is 10.2 Å². The molecule has 2 amide bonds. The molecule has 0 radical (unpaired) electrons. The highest BCUT2D eigenvalue weighted by atomic mass is 79.9. The Balaban J connectivity index is 2.04. The highest BCUT2D eigenvalue weighted by Crippen LogP contribution is 2.23. The number of likely N-dealkylation sites (tertiary alicyclic amines) is 1. The SMILES string of the molecule is NCCC(=O)NCC1CCCCN1C(=O)c1ccccc1Br. The Morgan fingerprint density at radius 3 is 2.82 bits per heavy atom. The Morgan fingerprint density at radius 1 is 1.32 bits per heavy atom. The van der Waals surface area contributed by atoms with Crippen molar-refractivity contribution in [2.45, 2.75) is 31.7 Å². The maximum absolute atomic E-state index is 12.8. The van der Waals surface area contributed by atoms with E-state index in [4.69, 9.17) is 5.73 Å². The molecule has 1 heterocycles. The predicted molar refractivity (Wildman–Crippen MR) is 89.5 cm³/mol. The number of hydrogen-bond donors (Lipinski definition) is 2. The molecule has 120 valence electrons. The molecule has 1 saturated heterocycles. The topological polar surface area (TPSA) is 75.4 Å². The molecule has 1 aromatic carbocycles. The van der Waals surface area contributed by atoms with Crippen molar-refractivity contribution in [3.63, 3.8) is 0 Å². The van der Waals surface area contributed by atoms with Crippen LogP contribution in [0.2, 0.25) is 0 Å². The van der Waals surface area contributed by atoms with E-state index in [2.05, 4.69) is 21.2 Å². The number of carbonyl (C=O) groups is 2. The minimum absolute atomic E-state index is 0.0187. The fourth-order valence-electron chi connectivity index (χ4n) is 2.72. The summed E-state index contributed by atoms with van der Waals surface area (Å²) >= 11 is 3.44. The molecule has 2 rings (SSSR count). The standard InChI is InChI=1S/C16H22BrN3O2/c17-14-7-2-1-6-13(14)16(22)20-10-4-3-5-12(20)11-19-15(21)8-9-18/h1-2,6-7,12H,3-5,8-11,18H2,(H,19,21). The normalized spacial score (nSPS) is 18.1. The second-order valence-corrected chi connectivity index (χ2v) is 6.33. The first kappa shape index (κ1) is 17.0. The molecule has 22 heavy (non-hydrogen) atoms. The fourth-order valence-corrected chi connectivity index (χ4v) is 3.18. The van der Waals surface area contributed by atoms with Crippen molar-refractivity contribution in [3.8, 4) is 0 Å². The fraction of sp³-hybridized carbons (Fsp3) is 0.500. The second kappa shape index (κ2) is 8.29. The number of piperidine rings is 1. The quantitative estimate of drug-likeness (QED) is 0.834. The Morgan fingerprint density at radius 2 is 2.09 bits per heavy atom. The largest absolute Gasteiger partial charge is 0.354 e.